The number of nitrogens with zero attached hydrogens (tertiary/aromatic N) is 1. The van der Waals surface area contributed by atoms with E-state index in [2.05, 4.69) is 10.6 Å². The molecule has 1 aromatic rings. The van der Waals surface area contributed by atoms with Crippen molar-refractivity contribution in [2.45, 2.75) is 12.8 Å². The summed E-state index contributed by atoms with van der Waals surface area (Å²) in [5, 5.41) is 6.47. The van der Waals surface area contributed by atoms with Gasteiger partial charge in [0.25, 0.3) is 0 Å². The van der Waals surface area contributed by atoms with Crippen molar-refractivity contribution in [1.82, 2.24) is 5.32 Å². The van der Waals surface area contributed by atoms with Gasteiger partial charge in [-0.3, -0.25) is 4.79 Å². The van der Waals surface area contributed by atoms with Gasteiger partial charge in [-0.25, -0.2) is 0 Å². The molecule has 4 nitrogen and oxygen atoms in total. The molecule has 1 saturated heterocycles. The minimum absolute atomic E-state index is 0.193. The summed E-state index contributed by atoms with van der Waals surface area (Å²) in [6.45, 7) is 0.804. The predicted molar refractivity (Wildman–Crippen MR) is 73.3 cm³/mol. The van der Waals surface area contributed by atoms with Crippen molar-refractivity contribution in [2.24, 2.45) is 0 Å². The summed E-state index contributed by atoms with van der Waals surface area (Å²) >= 11 is 5.04. The number of amides is 1. The van der Waals surface area contributed by atoms with Crippen molar-refractivity contribution in [1.29, 1.82) is 0 Å². The molecule has 0 aromatic heterocycles. The normalized spacial score (nSPS) is 14.9. The first-order valence-corrected chi connectivity index (χ1v) is 6.00. The highest BCUT2D eigenvalue weighted by Gasteiger charge is 2.21. The minimum Gasteiger partial charge on any atom is -0.366 e. The lowest BCUT2D eigenvalue weighted by atomic mass is 10.2. The van der Waals surface area contributed by atoms with Crippen molar-refractivity contribution in [3.8, 4) is 0 Å². The van der Waals surface area contributed by atoms with Gasteiger partial charge in [0.15, 0.2) is 5.11 Å². The first-order chi connectivity index (χ1) is 8.20. The Kier molecular flexibility index (Phi) is 3.58. The molecule has 0 aliphatic carbocycles. The Bertz CT molecular complexity index is 447. The zero-order valence-electron chi connectivity index (χ0n) is 9.69. The SMILES string of the molecule is CNC(=S)Nc1cccc(N2CCCC2=O)c1. The maximum absolute atomic E-state index is 11.6. The monoisotopic (exact) mass is 249 g/mol. The van der Waals surface area contributed by atoms with E-state index in [1.165, 1.54) is 0 Å². The lowest BCUT2D eigenvalue weighted by Crippen LogP contribution is -2.25. The van der Waals surface area contributed by atoms with E-state index >= 15 is 0 Å². The Hall–Kier alpha value is -1.62. The third-order valence-corrected chi connectivity index (χ3v) is 3.02. The van der Waals surface area contributed by atoms with Gasteiger partial charge in [0.1, 0.15) is 0 Å². The molecule has 0 radical (unpaired) electrons. The van der Waals surface area contributed by atoms with Crippen LogP contribution in [0.4, 0.5) is 11.4 Å². The van der Waals surface area contributed by atoms with Crippen molar-refractivity contribution < 1.29 is 4.79 Å². The molecule has 1 aliphatic heterocycles. The van der Waals surface area contributed by atoms with Gasteiger partial charge >= 0.3 is 0 Å². The van der Waals surface area contributed by atoms with E-state index in [9.17, 15) is 4.79 Å². The van der Waals surface area contributed by atoms with Gasteiger partial charge in [0.2, 0.25) is 5.91 Å². The summed E-state index contributed by atoms with van der Waals surface area (Å²) in [6, 6.07) is 7.72. The smallest absolute Gasteiger partial charge is 0.227 e. The van der Waals surface area contributed by atoms with Crippen LogP contribution in [-0.4, -0.2) is 24.6 Å². The average molecular weight is 249 g/mol. The number of anilines is 2. The van der Waals surface area contributed by atoms with Crippen LogP contribution in [0.1, 0.15) is 12.8 Å². The number of carbonyl (C=O) groups excluding carboxylic acids is 1. The first-order valence-electron chi connectivity index (χ1n) is 5.60. The molecule has 1 heterocycles. The number of thiocarbonyl (C=S) groups is 1. The van der Waals surface area contributed by atoms with Gasteiger partial charge in [-0.05, 0) is 36.8 Å². The number of nitrogens with one attached hydrogen (secondary N) is 2. The highest BCUT2D eigenvalue weighted by Crippen LogP contribution is 2.24. The van der Waals surface area contributed by atoms with Crippen molar-refractivity contribution in [3.63, 3.8) is 0 Å². The molecule has 90 valence electrons. The van der Waals surface area contributed by atoms with E-state index in [-0.39, 0.29) is 5.91 Å². The standard InChI is InChI=1S/C12H15N3OS/c1-13-12(17)14-9-4-2-5-10(8-9)15-7-3-6-11(15)16/h2,4-5,8H,3,6-7H2,1H3,(H2,13,14,17). The molecule has 1 aromatic carbocycles. The van der Waals surface area contributed by atoms with Crippen molar-refractivity contribution >= 4 is 34.6 Å². The second-order valence-electron chi connectivity index (χ2n) is 3.90. The molecule has 0 unspecified atom stereocenters. The summed E-state index contributed by atoms with van der Waals surface area (Å²) in [6.07, 6.45) is 1.58. The molecule has 0 atom stereocenters. The Labute approximate surface area is 106 Å². The zero-order valence-corrected chi connectivity index (χ0v) is 10.5. The van der Waals surface area contributed by atoms with Gasteiger partial charge in [-0.2, -0.15) is 0 Å². The molecule has 1 aliphatic rings. The topological polar surface area (TPSA) is 44.4 Å². The number of benzene rings is 1. The summed E-state index contributed by atoms with van der Waals surface area (Å²) in [4.78, 5) is 13.4. The highest BCUT2D eigenvalue weighted by atomic mass is 32.1. The van der Waals surface area contributed by atoms with Gasteiger partial charge < -0.3 is 15.5 Å². The van der Waals surface area contributed by atoms with Gasteiger partial charge in [0.05, 0.1) is 0 Å². The van der Waals surface area contributed by atoms with Crippen molar-refractivity contribution in [3.05, 3.63) is 24.3 Å². The predicted octanol–water partition coefficient (Wildman–Crippen LogP) is 1.73. The van der Waals surface area contributed by atoms with Crippen LogP contribution >= 0.6 is 12.2 Å². The van der Waals surface area contributed by atoms with Crippen LogP contribution in [0.2, 0.25) is 0 Å². The molecule has 1 amide bonds. The highest BCUT2D eigenvalue weighted by molar-refractivity contribution is 7.80. The number of carbonyl (C=O) groups is 1. The van der Waals surface area contributed by atoms with E-state index in [4.69, 9.17) is 12.2 Å². The van der Waals surface area contributed by atoms with Gasteiger partial charge in [0, 0.05) is 31.4 Å². The van der Waals surface area contributed by atoms with Gasteiger partial charge in [-0.1, -0.05) is 6.07 Å². The van der Waals surface area contributed by atoms with Crippen LogP contribution in [0, 0.1) is 0 Å². The Balaban J connectivity index is 2.16. The van der Waals surface area contributed by atoms with Crippen LogP contribution in [0.25, 0.3) is 0 Å². The van der Waals surface area contributed by atoms with Crippen LogP contribution in [0.15, 0.2) is 24.3 Å². The fourth-order valence-electron chi connectivity index (χ4n) is 1.87. The number of hydrogen-bond donors (Lipinski definition) is 2. The second kappa shape index (κ2) is 5.14. The molecular weight excluding hydrogens is 234 g/mol. The molecule has 2 N–H and O–H groups in total. The van der Waals surface area contributed by atoms with Crippen molar-refractivity contribution in [2.75, 3.05) is 23.8 Å². The summed E-state index contributed by atoms with van der Waals surface area (Å²) in [5.41, 5.74) is 1.82. The molecule has 0 bridgehead atoms. The molecule has 0 spiro atoms. The summed E-state index contributed by atoms with van der Waals surface area (Å²) in [5.74, 6) is 0.193. The third-order valence-electron chi connectivity index (χ3n) is 2.72. The van der Waals surface area contributed by atoms with Crippen LogP contribution in [0.5, 0.6) is 0 Å². The second-order valence-corrected chi connectivity index (χ2v) is 4.31. The summed E-state index contributed by atoms with van der Waals surface area (Å²) < 4.78 is 0. The van der Waals surface area contributed by atoms with E-state index in [0.717, 1.165) is 24.3 Å². The molecule has 5 heteroatoms. The van der Waals surface area contributed by atoms with Crippen LogP contribution < -0.4 is 15.5 Å². The number of rotatable bonds is 2. The molecule has 0 saturated carbocycles. The molecule has 2 rings (SSSR count). The maximum Gasteiger partial charge on any atom is 0.227 e. The Morgan fingerprint density at radius 1 is 1.47 bits per heavy atom. The molecular formula is C12H15N3OS. The lowest BCUT2D eigenvalue weighted by molar-refractivity contribution is -0.117. The molecule has 17 heavy (non-hydrogen) atoms. The fourth-order valence-corrected chi connectivity index (χ4v) is 1.98. The largest absolute Gasteiger partial charge is 0.366 e. The Morgan fingerprint density at radius 2 is 2.29 bits per heavy atom. The minimum atomic E-state index is 0.193. The fraction of sp³-hybridized carbons (Fsp3) is 0.333. The summed E-state index contributed by atoms with van der Waals surface area (Å²) in [7, 11) is 1.77. The Morgan fingerprint density at radius 3 is 2.94 bits per heavy atom. The lowest BCUT2D eigenvalue weighted by Gasteiger charge is -2.17. The first kappa shape index (κ1) is 11.9. The van der Waals surface area contributed by atoms with E-state index < -0.39 is 0 Å². The number of hydrogen-bond acceptors (Lipinski definition) is 2. The van der Waals surface area contributed by atoms with E-state index in [1.807, 2.05) is 29.2 Å². The quantitative estimate of drug-likeness (QED) is 0.784. The zero-order chi connectivity index (χ0) is 12.3. The van der Waals surface area contributed by atoms with E-state index in [1.54, 1.807) is 7.05 Å². The van der Waals surface area contributed by atoms with Crippen LogP contribution in [-0.2, 0) is 4.79 Å². The average Bonchev–Trinajstić information content (AvgIpc) is 2.75. The maximum atomic E-state index is 11.6. The van der Waals surface area contributed by atoms with Gasteiger partial charge in [-0.15, -0.1) is 0 Å². The van der Waals surface area contributed by atoms with Crippen LogP contribution in [0.3, 0.4) is 0 Å². The van der Waals surface area contributed by atoms with E-state index in [0.29, 0.717) is 11.5 Å². The third kappa shape index (κ3) is 2.74. The molecule has 1 fully saturated rings.